The van der Waals surface area contributed by atoms with Crippen molar-refractivity contribution in [2.24, 2.45) is 0 Å². The van der Waals surface area contributed by atoms with Crippen LogP contribution in [0.1, 0.15) is 5.56 Å². The number of aryl methyl sites for hydroxylation is 1. The van der Waals surface area contributed by atoms with Crippen LogP contribution in [0.15, 0.2) is 36.4 Å². The molecule has 0 bridgehead atoms. The topological polar surface area (TPSA) is 107 Å². The molecule has 0 aliphatic heterocycles. The summed E-state index contributed by atoms with van der Waals surface area (Å²) in [6.07, 6.45) is 0. The summed E-state index contributed by atoms with van der Waals surface area (Å²) in [5.74, 6) is -0.0216. The van der Waals surface area contributed by atoms with Gasteiger partial charge >= 0.3 is 0 Å². The minimum atomic E-state index is -0.658. The maximum Gasteiger partial charge on any atom is 0.287 e. The van der Waals surface area contributed by atoms with Gasteiger partial charge in [0.25, 0.3) is 11.4 Å². The smallest absolute Gasteiger partial charge is 0.287 e. The van der Waals surface area contributed by atoms with Gasteiger partial charge in [0.1, 0.15) is 11.3 Å². The maximum absolute atomic E-state index is 11.2. The van der Waals surface area contributed by atoms with Crippen LogP contribution in [-0.2, 0) is 0 Å². The molecule has 102 valence electrons. The van der Waals surface area contributed by atoms with Crippen LogP contribution in [0.2, 0.25) is 0 Å². The molecule has 2 rings (SSSR count). The lowest BCUT2D eigenvalue weighted by molar-refractivity contribution is -0.393. The Kier molecular flexibility index (Phi) is 3.34. The van der Waals surface area contributed by atoms with Gasteiger partial charge in [0.05, 0.1) is 9.85 Å². The standard InChI is InChI=1S/C13H10N2O5/c1-8-2-7-11(14(17)18)12(13(8)15(19)20)9-3-5-10(16)6-4-9/h2-7,16H,1H3. The molecule has 0 aliphatic carbocycles. The molecule has 20 heavy (non-hydrogen) atoms. The molecule has 0 unspecified atom stereocenters. The van der Waals surface area contributed by atoms with E-state index in [2.05, 4.69) is 0 Å². The highest BCUT2D eigenvalue weighted by molar-refractivity contribution is 5.83. The summed E-state index contributed by atoms with van der Waals surface area (Å²) in [6.45, 7) is 1.52. The number of hydrogen-bond acceptors (Lipinski definition) is 5. The van der Waals surface area contributed by atoms with Gasteiger partial charge in [0, 0.05) is 11.6 Å². The molecule has 1 N–H and O–H groups in total. The van der Waals surface area contributed by atoms with E-state index in [1.54, 1.807) is 0 Å². The summed E-state index contributed by atoms with van der Waals surface area (Å²) in [6, 6.07) is 8.05. The Bertz CT molecular complexity index is 695. The second-order valence-corrected chi connectivity index (χ2v) is 4.19. The van der Waals surface area contributed by atoms with Crippen molar-refractivity contribution in [3.05, 3.63) is 62.2 Å². The van der Waals surface area contributed by atoms with Crippen LogP contribution >= 0.6 is 0 Å². The average molecular weight is 274 g/mol. The highest BCUT2D eigenvalue weighted by Crippen LogP contribution is 2.40. The van der Waals surface area contributed by atoms with Gasteiger partial charge in [0.2, 0.25) is 0 Å². The normalized spacial score (nSPS) is 10.2. The van der Waals surface area contributed by atoms with Crippen molar-refractivity contribution >= 4 is 11.4 Å². The first-order valence-corrected chi connectivity index (χ1v) is 5.63. The van der Waals surface area contributed by atoms with E-state index >= 15 is 0 Å². The molecule has 0 heterocycles. The highest BCUT2D eigenvalue weighted by Gasteiger charge is 2.28. The van der Waals surface area contributed by atoms with Crippen molar-refractivity contribution < 1.29 is 15.0 Å². The Morgan fingerprint density at radius 2 is 1.55 bits per heavy atom. The zero-order chi connectivity index (χ0) is 14.9. The molecule has 0 spiro atoms. The fourth-order valence-corrected chi connectivity index (χ4v) is 1.98. The fourth-order valence-electron chi connectivity index (χ4n) is 1.98. The second kappa shape index (κ2) is 4.96. The van der Waals surface area contributed by atoms with Gasteiger partial charge < -0.3 is 5.11 Å². The van der Waals surface area contributed by atoms with Crippen molar-refractivity contribution in [3.63, 3.8) is 0 Å². The monoisotopic (exact) mass is 274 g/mol. The molecule has 0 saturated heterocycles. The molecule has 2 aromatic carbocycles. The van der Waals surface area contributed by atoms with Crippen LogP contribution in [0.3, 0.4) is 0 Å². The van der Waals surface area contributed by atoms with Gasteiger partial charge in [-0.25, -0.2) is 0 Å². The first kappa shape index (κ1) is 13.5. The molecule has 7 heteroatoms. The molecule has 0 amide bonds. The molecule has 0 radical (unpaired) electrons. The number of nitro benzene ring substituents is 2. The van der Waals surface area contributed by atoms with Gasteiger partial charge in [-0.05, 0) is 30.7 Å². The summed E-state index contributed by atoms with van der Waals surface area (Å²) < 4.78 is 0. The van der Waals surface area contributed by atoms with Gasteiger partial charge in [-0.3, -0.25) is 20.2 Å². The molecular formula is C13H10N2O5. The summed E-state index contributed by atoms with van der Waals surface area (Å²) in [4.78, 5) is 21.0. The summed E-state index contributed by atoms with van der Waals surface area (Å²) in [7, 11) is 0. The highest BCUT2D eigenvalue weighted by atomic mass is 16.6. The zero-order valence-electron chi connectivity index (χ0n) is 10.4. The van der Waals surface area contributed by atoms with Crippen LogP contribution < -0.4 is 0 Å². The summed E-state index contributed by atoms with van der Waals surface area (Å²) in [5.41, 5.74) is -0.0496. The fraction of sp³-hybridized carbons (Fsp3) is 0.0769. The second-order valence-electron chi connectivity index (χ2n) is 4.19. The number of nitro groups is 2. The molecule has 7 nitrogen and oxygen atoms in total. The number of benzene rings is 2. The quantitative estimate of drug-likeness (QED) is 0.683. The lowest BCUT2D eigenvalue weighted by Gasteiger charge is -2.07. The molecule has 0 atom stereocenters. The Hall–Kier alpha value is -2.96. The Morgan fingerprint density at radius 1 is 0.950 bits per heavy atom. The number of rotatable bonds is 3. The van der Waals surface area contributed by atoms with Crippen LogP contribution in [0, 0.1) is 27.2 Å². The van der Waals surface area contributed by atoms with E-state index in [-0.39, 0.29) is 22.7 Å². The first-order valence-electron chi connectivity index (χ1n) is 5.63. The number of hydrogen-bond donors (Lipinski definition) is 1. The number of aromatic hydroxyl groups is 1. The maximum atomic E-state index is 11.2. The van der Waals surface area contributed by atoms with Crippen LogP contribution in [0.25, 0.3) is 11.1 Å². The van der Waals surface area contributed by atoms with E-state index < -0.39 is 9.85 Å². The van der Waals surface area contributed by atoms with E-state index in [0.29, 0.717) is 11.1 Å². The van der Waals surface area contributed by atoms with E-state index in [1.165, 1.54) is 43.3 Å². The number of phenolic OH excluding ortho intramolecular Hbond substituents is 1. The van der Waals surface area contributed by atoms with Crippen LogP contribution in [0.5, 0.6) is 5.75 Å². The third-order valence-corrected chi connectivity index (χ3v) is 2.89. The SMILES string of the molecule is Cc1ccc([N+](=O)[O-])c(-c2ccc(O)cc2)c1[N+](=O)[O-]. The predicted molar refractivity (Wildman–Crippen MR) is 71.6 cm³/mol. The predicted octanol–water partition coefficient (Wildman–Crippen LogP) is 3.18. The molecule has 0 saturated carbocycles. The Balaban J connectivity index is 2.83. The Morgan fingerprint density at radius 3 is 2.05 bits per heavy atom. The summed E-state index contributed by atoms with van der Waals surface area (Å²) >= 11 is 0. The number of phenols is 1. The molecule has 0 aliphatic rings. The van der Waals surface area contributed by atoms with Gasteiger partial charge in [-0.1, -0.05) is 12.1 Å². The lowest BCUT2D eigenvalue weighted by Crippen LogP contribution is -2.00. The molecular weight excluding hydrogens is 264 g/mol. The van der Waals surface area contributed by atoms with Gasteiger partial charge in [-0.2, -0.15) is 0 Å². The van der Waals surface area contributed by atoms with Crippen molar-refractivity contribution in [1.29, 1.82) is 0 Å². The largest absolute Gasteiger partial charge is 0.508 e. The Labute approximate surface area is 113 Å². The van der Waals surface area contributed by atoms with Crippen molar-refractivity contribution in [1.82, 2.24) is 0 Å². The zero-order valence-corrected chi connectivity index (χ0v) is 10.4. The van der Waals surface area contributed by atoms with Crippen LogP contribution in [-0.4, -0.2) is 15.0 Å². The van der Waals surface area contributed by atoms with E-state index in [0.717, 1.165) is 0 Å². The molecule has 2 aromatic rings. The third-order valence-electron chi connectivity index (χ3n) is 2.89. The first-order chi connectivity index (χ1) is 9.41. The minimum absolute atomic E-state index is 0.0216. The van der Waals surface area contributed by atoms with E-state index in [4.69, 9.17) is 0 Å². The lowest BCUT2D eigenvalue weighted by atomic mass is 9.98. The van der Waals surface area contributed by atoms with E-state index in [9.17, 15) is 25.3 Å². The van der Waals surface area contributed by atoms with Crippen LogP contribution in [0.4, 0.5) is 11.4 Å². The molecule has 0 aromatic heterocycles. The third kappa shape index (κ3) is 2.28. The van der Waals surface area contributed by atoms with Crippen molar-refractivity contribution in [2.75, 3.05) is 0 Å². The van der Waals surface area contributed by atoms with Gasteiger partial charge in [0.15, 0.2) is 0 Å². The average Bonchev–Trinajstić information content (AvgIpc) is 2.38. The van der Waals surface area contributed by atoms with E-state index in [1.807, 2.05) is 0 Å². The minimum Gasteiger partial charge on any atom is -0.508 e. The molecule has 0 fully saturated rings. The van der Waals surface area contributed by atoms with Gasteiger partial charge in [-0.15, -0.1) is 0 Å². The van der Waals surface area contributed by atoms with Crippen molar-refractivity contribution in [3.8, 4) is 16.9 Å². The summed E-state index contributed by atoms with van der Waals surface area (Å²) in [5, 5.41) is 31.5. The van der Waals surface area contributed by atoms with Crippen molar-refractivity contribution in [2.45, 2.75) is 6.92 Å². The number of nitrogens with zero attached hydrogens (tertiary/aromatic N) is 2.